The fourth-order valence-electron chi connectivity index (χ4n) is 2.89. The molecule has 1 aromatic carbocycles. The van der Waals surface area contributed by atoms with Crippen molar-refractivity contribution < 1.29 is 18.3 Å². The molecule has 0 bridgehead atoms. The Balaban J connectivity index is 1.94. The Bertz CT molecular complexity index is 508. The van der Waals surface area contributed by atoms with Crippen LogP contribution < -0.4 is 9.64 Å². The lowest BCUT2D eigenvalue weighted by Crippen LogP contribution is -2.43. The molecule has 0 atom stereocenters. The van der Waals surface area contributed by atoms with E-state index in [4.69, 9.17) is 4.74 Å². The first-order valence-corrected chi connectivity index (χ1v) is 6.56. The Hall–Kier alpha value is -1.65. The minimum atomic E-state index is -0.534. The van der Waals surface area contributed by atoms with E-state index in [-0.39, 0.29) is 23.3 Å². The van der Waals surface area contributed by atoms with Crippen LogP contribution in [-0.4, -0.2) is 25.0 Å². The second kappa shape index (κ2) is 4.79. The van der Waals surface area contributed by atoms with Crippen LogP contribution in [0.2, 0.25) is 0 Å². The zero-order chi connectivity index (χ0) is 13.4. The maximum atomic E-state index is 14.0. The number of rotatable bonds is 1. The summed E-state index contributed by atoms with van der Waals surface area (Å²) in [6.45, 7) is 0.879. The predicted octanol–water partition coefficient (Wildman–Crippen LogP) is 2.68. The zero-order valence-electron chi connectivity index (χ0n) is 10.5. The van der Waals surface area contributed by atoms with Crippen molar-refractivity contribution in [3.05, 3.63) is 23.8 Å². The number of hydrogen-bond acceptors (Lipinski definition) is 3. The number of benzene rings is 1. The van der Waals surface area contributed by atoms with Crippen molar-refractivity contribution in [2.45, 2.75) is 31.7 Å². The smallest absolute Gasteiger partial charge is 0.181 e. The van der Waals surface area contributed by atoms with Gasteiger partial charge in [-0.1, -0.05) is 0 Å². The molecule has 1 heterocycles. The van der Waals surface area contributed by atoms with Gasteiger partial charge < -0.3 is 9.64 Å². The minimum absolute atomic E-state index is 0.00292. The maximum Gasteiger partial charge on any atom is 0.181 e. The van der Waals surface area contributed by atoms with E-state index in [0.717, 1.165) is 12.1 Å². The number of ketones is 1. The van der Waals surface area contributed by atoms with Crippen molar-refractivity contribution in [2.24, 2.45) is 0 Å². The largest absolute Gasteiger partial charge is 0.486 e. The molecule has 19 heavy (non-hydrogen) atoms. The molecule has 0 unspecified atom stereocenters. The van der Waals surface area contributed by atoms with Crippen LogP contribution in [0.3, 0.4) is 0 Å². The van der Waals surface area contributed by atoms with E-state index < -0.39 is 11.6 Å². The van der Waals surface area contributed by atoms with E-state index in [0.29, 0.717) is 38.8 Å². The van der Waals surface area contributed by atoms with Crippen LogP contribution in [0.25, 0.3) is 0 Å². The molecule has 2 aliphatic rings. The predicted molar refractivity (Wildman–Crippen MR) is 66.5 cm³/mol. The van der Waals surface area contributed by atoms with E-state index in [9.17, 15) is 13.6 Å². The quantitative estimate of drug-likeness (QED) is 0.783. The van der Waals surface area contributed by atoms with Crippen molar-refractivity contribution in [2.75, 3.05) is 18.1 Å². The standard InChI is InChI=1S/C14H15F2NO2/c15-11-5-6-12(16)14-13(11)17(7-8-19-14)9-1-3-10(18)4-2-9/h5-6,9H,1-4,7-8H2. The second-order valence-electron chi connectivity index (χ2n) is 5.02. The second-order valence-corrected chi connectivity index (χ2v) is 5.02. The van der Waals surface area contributed by atoms with Crippen LogP contribution in [0.4, 0.5) is 14.5 Å². The molecule has 0 amide bonds. The van der Waals surface area contributed by atoms with Gasteiger partial charge in [0.2, 0.25) is 0 Å². The highest BCUT2D eigenvalue weighted by Gasteiger charge is 2.32. The minimum Gasteiger partial charge on any atom is -0.486 e. The first kappa shape index (κ1) is 12.4. The van der Waals surface area contributed by atoms with Crippen molar-refractivity contribution in [1.82, 2.24) is 0 Å². The summed E-state index contributed by atoms with van der Waals surface area (Å²) in [6.07, 6.45) is 2.45. The van der Waals surface area contributed by atoms with Crippen LogP contribution in [0.5, 0.6) is 5.75 Å². The Morgan fingerprint density at radius 2 is 1.84 bits per heavy atom. The monoisotopic (exact) mass is 267 g/mol. The highest BCUT2D eigenvalue weighted by atomic mass is 19.1. The summed E-state index contributed by atoms with van der Waals surface area (Å²) < 4.78 is 32.9. The number of carbonyl (C=O) groups excluding carboxylic acids is 1. The third-order valence-corrected chi connectivity index (χ3v) is 3.85. The molecule has 1 aliphatic carbocycles. The molecule has 3 rings (SSSR count). The van der Waals surface area contributed by atoms with Crippen molar-refractivity contribution >= 4 is 11.5 Å². The number of ether oxygens (including phenoxy) is 1. The lowest BCUT2D eigenvalue weighted by Gasteiger charge is -2.39. The summed E-state index contributed by atoms with van der Waals surface area (Å²) in [5.74, 6) is -0.742. The number of Topliss-reactive ketones (excluding diaryl/α,β-unsaturated/α-hetero) is 1. The summed E-state index contributed by atoms with van der Waals surface area (Å²) in [7, 11) is 0. The number of anilines is 1. The molecule has 0 saturated heterocycles. The fraction of sp³-hybridized carbons (Fsp3) is 0.500. The fourth-order valence-corrected chi connectivity index (χ4v) is 2.89. The van der Waals surface area contributed by atoms with E-state index in [1.807, 2.05) is 4.90 Å². The van der Waals surface area contributed by atoms with E-state index >= 15 is 0 Å². The van der Waals surface area contributed by atoms with Gasteiger partial charge in [-0.3, -0.25) is 4.79 Å². The highest BCUT2D eigenvalue weighted by Crippen LogP contribution is 2.39. The molecule has 1 fully saturated rings. The van der Waals surface area contributed by atoms with Crippen LogP contribution in [0.1, 0.15) is 25.7 Å². The van der Waals surface area contributed by atoms with Crippen molar-refractivity contribution in [3.63, 3.8) is 0 Å². The molecule has 0 aromatic heterocycles. The first-order valence-electron chi connectivity index (χ1n) is 6.56. The molecule has 1 aromatic rings. The molecule has 0 spiro atoms. The van der Waals surface area contributed by atoms with Crippen LogP contribution in [-0.2, 0) is 4.79 Å². The first-order chi connectivity index (χ1) is 9.16. The van der Waals surface area contributed by atoms with E-state index in [1.54, 1.807) is 0 Å². The number of carbonyl (C=O) groups is 1. The average Bonchev–Trinajstić information content (AvgIpc) is 2.43. The van der Waals surface area contributed by atoms with Gasteiger partial charge in [0.25, 0.3) is 0 Å². The SMILES string of the molecule is O=C1CCC(N2CCOc3c(F)ccc(F)c32)CC1. The molecule has 5 heteroatoms. The Morgan fingerprint density at radius 1 is 1.16 bits per heavy atom. The van der Waals surface area contributed by atoms with Crippen molar-refractivity contribution in [1.29, 1.82) is 0 Å². The molecule has 1 aliphatic heterocycles. The van der Waals surface area contributed by atoms with Gasteiger partial charge in [0.1, 0.15) is 18.1 Å². The Kier molecular flexibility index (Phi) is 3.12. The summed E-state index contributed by atoms with van der Waals surface area (Å²) >= 11 is 0. The maximum absolute atomic E-state index is 14.0. The van der Waals surface area contributed by atoms with Crippen LogP contribution in [0, 0.1) is 11.6 Å². The third kappa shape index (κ3) is 2.17. The third-order valence-electron chi connectivity index (χ3n) is 3.85. The average molecular weight is 267 g/mol. The van der Waals surface area contributed by atoms with Crippen molar-refractivity contribution in [3.8, 4) is 5.75 Å². The molecule has 1 saturated carbocycles. The van der Waals surface area contributed by atoms with Crippen LogP contribution >= 0.6 is 0 Å². The van der Waals surface area contributed by atoms with Gasteiger partial charge in [0.05, 0.1) is 6.54 Å². The Labute approximate surface area is 110 Å². The zero-order valence-corrected chi connectivity index (χ0v) is 10.5. The lowest BCUT2D eigenvalue weighted by molar-refractivity contribution is -0.120. The Morgan fingerprint density at radius 3 is 2.58 bits per heavy atom. The molecular formula is C14H15F2NO2. The summed E-state index contributed by atoms with van der Waals surface area (Å²) in [6, 6.07) is 2.31. The van der Waals surface area contributed by atoms with Gasteiger partial charge in [-0.25, -0.2) is 8.78 Å². The summed E-state index contributed by atoms with van der Waals surface area (Å²) in [5.41, 5.74) is 0.214. The molecule has 3 nitrogen and oxygen atoms in total. The van der Waals surface area contributed by atoms with E-state index in [1.165, 1.54) is 0 Å². The van der Waals surface area contributed by atoms with Gasteiger partial charge in [0, 0.05) is 18.9 Å². The number of nitrogens with zero attached hydrogens (tertiary/aromatic N) is 1. The number of hydrogen-bond donors (Lipinski definition) is 0. The van der Waals surface area contributed by atoms with Gasteiger partial charge >= 0.3 is 0 Å². The lowest BCUT2D eigenvalue weighted by atomic mass is 9.92. The van der Waals surface area contributed by atoms with Gasteiger partial charge in [-0.15, -0.1) is 0 Å². The molecule has 0 N–H and O–H groups in total. The van der Waals surface area contributed by atoms with Gasteiger partial charge in [-0.05, 0) is 25.0 Å². The number of halogens is 2. The normalized spacial score (nSPS) is 20.1. The number of fused-ring (bicyclic) bond motifs is 1. The summed E-state index contributed by atoms with van der Waals surface area (Å²) in [5, 5.41) is 0. The molecule has 0 radical (unpaired) electrons. The van der Waals surface area contributed by atoms with Gasteiger partial charge in [0.15, 0.2) is 17.4 Å². The molecule has 102 valence electrons. The molecular weight excluding hydrogens is 252 g/mol. The highest BCUT2D eigenvalue weighted by molar-refractivity contribution is 5.79. The topological polar surface area (TPSA) is 29.5 Å². The van der Waals surface area contributed by atoms with Gasteiger partial charge in [-0.2, -0.15) is 0 Å². The van der Waals surface area contributed by atoms with E-state index in [2.05, 4.69) is 0 Å². The summed E-state index contributed by atoms with van der Waals surface area (Å²) in [4.78, 5) is 13.1. The van der Waals surface area contributed by atoms with Crippen LogP contribution in [0.15, 0.2) is 12.1 Å².